The molecule has 4 aromatic rings. The summed E-state index contributed by atoms with van der Waals surface area (Å²) in [6.45, 7) is 12.4. The quantitative estimate of drug-likeness (QED) is 0.353. The van der Waals surface area contributed by atoms with Gasteiger partial charge < -0.3 is 10.2 Å². The third-order valence-electron chi connectivity index (χ3n) is 5.04. The molecule has 0 aromatic heterocycles. The van der Waals surface area contributed by atoms with Crippen molar-refractivity contribution in [3.05, 3.63) is 83.9 Å². The van der Waals surface area contributed by atoms with E-state index < -0.39 is 0 Å². The highest BCUT2D eigenvalue weighted by Crippen LogP contribution is 2.33. The van der Waals surface area contributed by atoms with Crippen LogP contribution >= 0.6 is 0 Å². The first-order valence-corrected chi connectivity index (χ1v) is 10.8. The second-order valence-electron chi connectivity index (χ2n) is 7.79. The van der Waals surface area contributed by atoms with Crippen molar-refractivity contribution in [3.63, 3.8) is 0 Å². The van der Waals surface area contributed by atoms with Gasteiger partial charge in [0.1, 0.15) is 11.5 Å². The Morgan fingerprint density at radius 2 is 1.10 bits per heavy atom. The molecule has 0 aliphatic carbocycles. The van der Waals surface area contributed by atoms with Crippen LogP contribution in [0.1, 0.15) is 64.5 Å². The molecular formula is C28H34O2. The number of fused-ring (bicyclic) bond motifs is 2. The largest absolute Gasteiger partial charge is 0.508 e. The Morgan fingerprint density at radius 3 is 1.67 bits per heavy atom. The molecule has 2 N–H and O–H groups in total. The van der Waals surface area contributed by atoms with Crippen molar-refractivity contribution in [1.82, 2.24) is 0 Å². The third-order valence-corrected chi connectivity index (χ3v) is 5.04. The van der Waals surface area contributed by atoms with Gasteiger partial charge in [0.2, 0.25) is 0 Å². The molecule has 30 heavy (non-hydrogen) atoms. The summed E-state index contributed by atoms with van der Waals surface area (Å²) in [4.78, 5) is 0. The molecule has 2 heteroatoms. The summed E-state index contributed by atoms with van der Waals surface area (Å²) in [7, 11) is 0. The predicted molar refractivity (Wildman–Crippen MR) is 131 cm³/mol. The number of rotatable bonds is 2. The van der Waals surface area contributed by atoms with E-state index in [4.69, 9.17) is 0 Å². The number of aromatic hydroxyl groups is 2. The van der Waals surface area contributed by atoms with Crippen molar-refractivity contribution in [2.45, 2.75) is 53.4 Å². The number of phenols is 2. The van der Waals surface area contributed by atoms with Gasteiger partial charge in [-0.3, -0.25) is 0 Å². The molecule has 0 fully saturated rings. The molecule has 0 bridgehead atoms. The average molecular weight is 403 g/mol. The zero-order valence-electron chi connectivity index (χ0n) is 19.0. The highest BCUT2D eigenvalue weighted by Gasteiger charge is 2.09. The normalized spacial score (nSPS) is 10.5. The Kier molecular flexibility index (Phi) is 8.29. The SMILES string of the molecule is CC.CC(C)c1c(O)ccc2ccccc12.CC(C)c1cc2ccccc2cc1O. The summed E-state index contributed by atoms with van der Waals surface area (Å²) < 4.78 is 0. The lowest BCUT2D eigenvalue weighted by Crippen LogP contribution is -1.90. The van der Waals surface area contributed by atoms with Crippen LogP contribution in [-0.4, -0.2) is 10.2 Å². The fourth-order valence-electron chi connectivity index (χ4n) is 3.60. The molecule has 4 rings (SSSR count). The van der Waals surface area contributed by atoms with Crippen LogP contribution in [0.2, 0.25) is 0 Å². The molecular weight excluding hydrogens is 368 g/mol. The topological polar surface area (TPSA) is 40.5 Å². The van der Waals surface area contributed by atoms with E-state index >= 15 is 0 Å². The second kappa shape index (κ2) is 10.7. The Morgan fingerprint density at radius 1 is 0.567 bits per heavy atom. The standard InChI is InChI=1S/2C13H14O.C2H6/c1-9(2)12-7-10-5-3-4-6-11(10)8-13(12)14;1-9(2)13-11-6-4-3-5-10(11)7-8-12(13)14;1-2/h2*3-9,14H,1-2H3;1-2H3. The highest BCUT2D eigenvalue weighted by atomic mass is 16.3. The van der Waals surface area contributed by atoms with Crippen molar-refractivity contribution in [1.29, 1.82) is 0 Å². The van der Waals surface area contributed by atoms with E-state index in [-0.39, 0.29) is 0 Å². The second-order valence-corrected chi connectivity index (χ2v) is 7.79. The lowest BCUT2D eigenvalue weighted by molar-refractivity contribution is 0.465. The summed E-state index contributed by atoms with van der Waals surface area (Å²) in [5.41, 5.74) is 2.06. The maximum atomic E-state index is 9.78. The zero-order valence-corrected chi connectivity index (χ0v) is 19.0. The van der Waals surface area contributed by atoms with E-state index in [2.05, 4.69) is 52.0 Å². The van der Waals surface area contributed by atoms with E-state index in [0.717, 1.165) is 21.9 Å². The maximum absolute atomic E-state index is 9.78. The smallest absolute Gasteiger partial charge is 0.119 e. The van der Waals surface area contributed by atoms with E-state index in [1.807, 2.05) is 56.3 Å². The fraction of sp³-hybridized carbons (Fsp3) is 0.286. The van der Waals surface area contributed by atoms with Gasteiger partial charge in [-0.1, -0.05) is 96.1 Å². The molecule has 0 spiro atoms. The van der Waals surface area contributed by atoms with Crippen LogP contribution in [0.4, 0.5) is 0 Å². The lowest BCUT2D eigenvalue weighted by Gasteiger charge is -2.11. The average Bonchev–Trinajstić information content (AvgIpc) is 2.74. The van der Waals surface area contributed by atoms with Gasteiger partial charge in [-0.05, 0) is 57.1 Å². The Balaban J connectivity index is 0.000000197. The summed E-state index contributed by atoms with van der Waals surface area (Å²) in [5.74, 6) is 1.51. The summed E-state index contributed by atoms with van der Waals surface area (Å²) in [5, 5.41) is 24.2. The van der Waals surface area contributed by atoms with Crippen LogP contribution in [0, 0.1) is 0 Å². The van der Waals surface area contributed by atoms with E-state index in [1.54, 1.807) is 6.07 Å². The minimum absolute atomic E-state index is 0.348. The summed E-state index contributed by atoms with van der Waals surface area (Å²) in [6.07, 6.45) is 0. The van der Waals surface area contributed by atoms with Gasteiger partial charge in [-0.2, -0.15) is 0 Å². The minimum atomic E-state index is 0.348. The Hall–Kier alpha value is -3.00. The molecule has 0 unspecified atom stereocenters. The van der Waals surface area contributed by atoms with Crippen LogP contribution in [0.5, 0.6) is 11.5 Å². The molecule has 0 aliphatic heterocycles. The van der Waals surface area contributed by atoms with Gasteiger partial charge >= 0.3 is 0 Å². The molecule has 0 atom stereocenters. The van der Waals surface area contributed by atoms with E-state index in [9.17, 15) is 10.2 Å². The van der Waals surface area contributed by atoms with Gasteiger partial charge in [-0.25, -0.2) is 0 Å². The Labute approximate surface area is 180 Å². The van der Waals surface area contributed by atoms with Gasteiger partial charge in [-0.15, -0.1) is 0 Å². The molecule has 0 aliphatic rings. The van der Waals surface area contributed by atoms with Gasteiger partial charge in [0.15, 0.2) is 0 Å². The maximum Gasteiger partial charge on any atom is 0.119 e. The van der Waals surface area contributed by atoms with E-state index in [0.29, 0.717) is 23.3 Å². The van der Waals surface area contributed by atoms with Crippen LogP contribution < -0.4 is 0 Å². The zero-order chi connectivity index (χ0) is 22.3. The number of hydrogen-bond acceptors (Lipinski definition) is 2. The molecule has 0 saturated carbocycles. The monoisotopic (exact) mass is 402 g/mol. The van der Waals surface area contributed by atoms with Gasteiger partial charge in [0.25, 0.3) is 0 Å². The number of hydrogen-bond donors (Lipinski definition) is 2. The molecule has 0 saturated heterocycles. The van der Waals surface area contributed by atoms with Crippen molar-refractivity contribution in [2.75, 3.05) is 0 Å². The van der Waals surface area contributed by atoms with Gasteiger partial charge in [0.05, 0.1) is 0 Å². The highest BCUT2D eigenvalue weighted by molar-refractivity contribution is 5.88. The molecule has 0 amide bonds. The Bertz CT molecular complexity index is 1090. The van der Waals surface area contributed by atoms with Crippen LogP contribution in [0.3, 0.4) is 0 Å². The number of benzene rings is 4. The minimum Gasteiger partial charge on any atom is -0.508 e. The summed E-state index contributed by atoms with van der Waals surface area (Å²) >= 11 is 0. The predicted octanol–water partition coefficient (Wildman–Crippen LogP) is 8.36. The summed E-state index contributed by atoms with van der Waals surface area (Å²) in [6, 6.07) is 23.9. The molecule has 4 aromatic carbocycles. The van der Waals surface area contributed by atoms with Crippen LogP contribution in [0.25, 0.3) is 21.5 Å². The first-order chi connectivity index (χ1) is 14.4. The molecule has 0 heterocycles. The first kappa shape index (κ1) is 23.3. The fourth-order valence-corrected chi connectivity index (χ4v) is 3.60. The molecule has 0 radical (unpaired) electrons. The van der Waals surface area contributed by atoms with Crippen molar-refractivity contribution in [3.8, 4) is 11.5 Å². The van der Waals surface area contributed by atoms with Gasteiger partial charge in [0, 0.05) is 5.56 Å². The molecule has 2 nitrogen and oxygen atoms in total. The van der Waals surface area contributed by atoms with Crippen molar-refractivity contribution in [2.24, 2.45) is 0 Å². The van der Waals surface area contributed by atoms with Crippen molar-refractivity contribution >= 4 is 21.5 Å². The van der Waals surface area contributed by atoms with E-state index in [1.165, 1.54) is 10.8 Å². The number of phenolic OH excluding ortho intramolecular Hbond substituents is 2. The van der Waals surface area contributed by atoms with Crippen LogP contribution in [-0.2, 0) is 0 Å². The third kappa shape index (κ3) is 5.33. The molecule has 158 valence electrons. The lowest BCUT2D eigenvalue weighted by atomic mass is 9.95. The van der Waals surface area contributed by atoms with Crippen molar-refractivity contribution < 1.29 is 10.2 Å². The van der Waals surface area contributed by atoms with Crippen LogP contribution in [0.15, 0.2) is 72.8 Å². The first-order valence-electron chi connectivity index (χ1n) is 10.8.